The second kappa shape index (κ2) is 7.64. The highest BCUT2D eigenvalue weighted by molar-refractivity contribution is 5.93. The molecule has 1 heterocycles. The standard InChI is InChI=1S/C20H22N2O4/c1-3-26-20(23)13(2)14-4-6-15(7-5-14)17-10-11-21-19-9-8-16(22(24)25)12-18(17)19/h6,8-14H,3-5,7H2,1-2H3. The number of nitro benzene ring substituents is 1. The van der Waals surface area contributed by atoms with E-state index in [1.165, 1.54) is 6.07 Å². The van der Waals surface area contributed by atoms with Crippen molar-refractivity contribution in [2.45, 2.75) is 33.1 Å². The van der Waals surface area contributed by atoms with Crippen molar-refractivity contribution in [1.82, 2.24) is 4.98 Å². The molecule has 0 radical (unpaired) electrons. The van der Waals surface area contributed by atoms with Crippen molar-refractivity contribution in [3.63, 3.8) is 0 Å². The van der Waals surface area contributed by atoms with E-state index in [4.69, 9.17) is 4.74 Å². The van der Waals surface area contributed by atoms with Gasteiger partial charge >= 0.3 is 5.97 Å². The Morgan fingerprint density at radius 1 is 1.42 bits per heavy atom. The molecule has 3 rings (SSSR count). The van der Waals surface area contributed by atoms with Gasteiger partial charge in [-0.1, -0.05) is 13.0 Å². The van der Waals surface area contributed by atoms with E-state index in [2.05, 4.69) is 11.1 Å². The fraction of sp³-hybridized carbons (Fsp3) is 0.400. The Morgan fingerprint density at radius 2 is 2.23 bits per heavy atom. The topological polar surface area (TPSA) is 82.3 Å². The third-order valence-corrected chi connectivity index (χ3v) is 5.10. The lowest BCUT2D eigenvalue weighted by atomic mass is 9.79. The highest BCUT2D eigenvalue weighted by Gasteiger charge is 2.27. The van der Waals surface area contributed by atoms with E-state index in [1.807, 2.05) is 19.9 Å². The van der Waals surface area contributed by atoms with E-state index in [0.717, 1.165) is 41.3 Å². The van der Waals surface area contributed by atoms with Gasteiger partial charge in [-0.3, -0.25) is 19.9 Å². The number of rotatable bonds is 5. The van der Waals surface area contributed by atoms with E-state index < -0.39 is 0 Å². The summed E-state index contributed by atoms with van der Waals surface area (Å²) in [6.07, 6.45) is 6.41. The number of pyridine rings is 1. The first-order valence-corrected chi connectivity index (χ1v) is 8.90. The molecule has 0 N–H and O–H groups in total. The molecular weight excluding hydrogens is 332 g/mol. The molecule has 1 aromatic heterocycles. The number of hydrogen-bond donors (Lipinski definition) is 0. The van der Waals surface area contributed by atoms with Crippen molar-refractivity contribution in [3.8, 4) is 0 Å². The number of nitrogens with zero attached hydrogens (tertiary/aromatic N) is 2. The average molecular weight is 354 g/mol. The minimum Gasteiger partial charge on any atom is -0.466 e. The number of nitro groups is 1. The van der Waals surface area contributed by atoms with E-state index in [-0.39, 0.29) is 28.4 Å². The van der Waals surface area contributed by atoms with Gasteiger partial charge in [0.25, 0.3) is 5.69 Å². The molecule has 2 unspecified atom stereocenters. The molecule has 6 nitrogen and oxygen atoms in total. The van der Waals surface area contributed by atoms with Crippen LogP contribution in [0.1, 0.15) is 38.7 Å². The normalized spacial score (nSPS) is 18.2. The molecule has 2 aromatic rings. The summed E-state index contributed by atoms with van der Waals surface area (Å²) < 4.78 is 5.13. The SMILES string of the molecule is CCOC(=O)C(C)C1CC=C(c2ccnc3ccc([N+](=O)[O-])cc23)CC1. The van der Waals surface area contributed by atoms with Crippen LogP contribution in [0.25, 0.3) is 16.5 Å². The van der Waals surface area contributed by atoms with Crippen molar-refractivity contribution in [1.29, 1.82) is 0 Å². The Bertz CT molecular complexity index is 875. The first-order valence-electron chi connectivity index (χ1n) is 8.90. The van der Waals surface area contributed by atoms with Crippen LogP contribution in [0.4, 0.5) is 5.69 Å². The lowest BCUT2D eigenvalue weighted by Crippen LogP contribution is -2.24. The van der Waals surface area contributed by atoms with Crippen LogP contribution in [-0.2, 0) is 9.53 Å². The molecule has 1 aromatic carbocycles. The number of non-ortho nitro benzene ring substituents is 1. The number of aromatic nitrogens is 1. The van der Waals surface area contributed by atoms with E-state index in [0.29, 0.717) is 6.61 Å². The summed E-state index contributed by atoms with van der Waals surface area (Å²) in [6.45, 7) is 4.14. The molecule has 6 heteroatoms. The van der Waals surface area contributed by atoms with E-state index in [9.17, 15) is 14.9 Å². The summed E-state index contributed by atoms with van der Waals surface area (Å²) in [5.41, 5.74) is 2.96. The molecule has 1 aliphatic carbocycles. The molecule has 1 aliphatic rings. The summed E-state index contributed by atoms with van der Waals surface area (Å²) in [5, 5.41) is 11.9. The maximum absolute atomic E-state index is 12.0. The van der Waals surface area contributed by atoms with Crippen molar-refractivity contribution in [2.24, 2.45) is 11.8 Å². The van der Waals surface area contributed by atoms with Crippen LogP contribution in [0.2, 0.25) is 0 Å². The Hall–Kier alpha value is -2.76. The number of ether oxygens (including phenoxy) is 1. The fourth-order valence-electron chi connectivity index (χ4n) is 3.55. The molecule has 136 valence electrons. The Kier molecular flexibility index (Phi) is 5.30. The summed E-state index contributed by atoms with van der Waals surface area (Å²) in [6, 6.07) is 6.66. The third-order valence-electron chi connectivity index (χ3n) is 5.10. The smallest absolute Gasteiger partial charge is 0.308 e. The van der Waals surface area contributed by atoms with Crippen molar-refractivity contribution in [3.05, 3.63) is 52.2 Å². The predicted octanol–water partition coefficient (Wildman–Crippen LogP) is 4.53. The zero-order valence-corrected chi connectivity index (χ0v) is 15.0. The Balaban J connectivity index is 1.87. The van der Waals surface area contributed by atoms with Crippen LogP contribution in [-0.4, -0.2) is 22.5 Å². The highest BCUT2D eigenvalue weighted by Crippen LogP contribution is 2.37. The Labute approximate surface area is 152 Å². The molecule has 0 amide bonds. The van der Waals surface area contributed by atoms with Gasteiger partial charge in [-0.2, -0.15) is 0 Å². The van der Waals surface area contributed by atoms with Gasteiger partial charge < -0.3 is 4.74 Å². The van der Waals surface area contributed by atoms with Gasteiger partial charge in [0.1, 0.15) is 0 Å². The number of allylic oxidation sites excluding steroid dienone is 2. The summed E-state index contributed by atoms with van der Waals surface area (Å²) in [7, 11) is 0. The molecule has 2 atom stereocenters. The molecule has 0 bridgehead atoms. The zero-order valence-electron chi connectivity index (χ0n) is 15.0. The second-order valence-corrected chi connectivity index (χ2v) is 6.62. The van der Waals surface area contributed by atoms with Crippen molar-refractivity contribution in [2.75, 3.05) is 6.61 Å². The van der Waals surface area contributed by atoms with Gasteiger partial charge in [-0.15, -0.1) is 0 Å². The van der Waals surface area contributed by atoms with Crippen LogP contribution >= 0.6 is 0 Å². The van der Waals surface area contributed by atoms with Crippen LogP contribution in [0.15, 0.2) is 36.5 Å². The van der Waals surface area contributed by atoms with Crippen LogP contribution in [0, 0.1) is 22.0 Å². The molecule has 0 fully saturated rings. The van der Waals surface area contributed by atoms with Crippen LogP contribution in [0.3, 0.4) is 0 Å². The number of carbonyl (C=O) groups excluding carboxylic acids is 1. The molecular formula is C20H22N2O4. The van der Waals surface area contributed by atoms with Crippen molar-refractivity contribution >= 4 is 28.1 Å². The maximum Gasteiger partial charge on any atom is 0.308 e. The van der Waals surface area contributed by atoms with Crippen LogP contribution < -0.4 is 0 Å². The van der Waals surface area contributed by atoms with Crippen LogP contribution in [0.5, 0.6) is 0 Å². The van der Waals surface area contributed by atoms with Gasteiger partial charge in [0.15, 0.2) is 0 Å². The Morgan fingerprint density at radius 3 is 2.88 bits per heavy atom. The quantitative estimate of drug-likeness (QED) is 0.448. The number of carbonyl (C=O) groups is 1. The molecule has 0 saturated carbocycles. The number of esters is 1. The van der Waals surface area contributed by atoms with Crippen molar-refractivity contribution < 1.29 is 14.5 Å². The molecule has 26 heavy (non-hydrogen) atoms. The molecule has 0 saturated heterocycles. The van der Waals surface area contributed by atoms with Gasteiger partial charge in [0.05, 0.1) is 23.0 Å². The minimum atomic E-state index is -0.386. The highest BCUT2D eigenvalue weighted by atomic mass is 16.6. The predicted molar refractivity (Wildman–Crippen MR) is 99.5 cm³/mol. The minimum absolute atomic E-state index is 0.0666. The number of fused-ring (bicyclic) bond motifs is 1. The lowest BCUT2D eigenvalue weighted by Gasteiger charge is -2.26. The van der Waals surface area contributed by atoms with E-state index in [1.54, 1.807) is 18.3 Å². The third kappa shape index (κ3) is 3.59. The van der Waals surface area contributed by atoms with Gasteiger partial charge in [0, 0.05) is 23.7 Å². The zero-order chi connectivity index (χ0) is 18.7. The second-order valence-electron chi connectivity index (χ2n) is 6.62. The maximum atomic E-state index is 12.0. The summed E-state index contributed by atoms with van der Waals surface area (Å²) >= 11 is 0. The first-order chi connectivity index (χ1) is 12.5. The molecule has 0 aliphatic heterocycles. The fourth-order valence-corrected chi connectivity index (χ4v) is 3.55. The number of benzene rings is 1. The van der Waals surface area contributed by atoms with Gasteiger partial charge in [0.2, 0.25) is 0 Å². The van der Waals surface area contributed by atoms with E-state index >= 15 is 0 Å². The largest absolute Gasteiger partial charge is 0.466 e. The molecule has 0 spiro atoms. The van der Waals surface area contributed by atoms with Gasteiger partial charge in [-0.25, -0.2) is 0 Å². The summed E-state index contributed by atoms with van der Waals surface area (Å²) in [4.78, 5) is 27.0. The average Bonchev–Trinajstić information content (AvgIpc) is 2.66. The van der Waals surface area contributed by atoms with Gasteiger partial charge in [-0.05, 0) is 55.4 Å². The summed E-state index contributed by atoms with van der Waals surface area (Å²) in [5.74, 6) is 0.00240. The number of hydrogen-bond acceptors (Lipinski definition) is 5. The lowest BCUT2D eigenvalue weighted by molar-refractivity contribution is -0.384. The monoisotopic (exact) mass is 354 g/mol. The first kappa shape index (κ1) is 18.0.